The highest BCUT2D eigenvalue weighted by Crippen LogP contribution is 2.16. The van der Waals surface area contributed by atoms with Gasteiger partial charge in [0.25, 0.3) is 5.91 Å². The normalized spacial score (nSPS) is 12.2. The number of benzene rings is 2. The van der Waals surface area contributed by atoms with Gasteiger partial charge in [0.2, 0.25) is 5.91 Å². The van der Waals surface area contributed by atoms with Crippen molar-refractivity contribution in [2.24, 2.45) is 13.0 Å². The van der Waals surface area contributed by atoms with Gasteiger partial charge >= 0.3 is 0 Å². The fourth-order valence-electron chi connectivity index (χ4n) is 3.40. The zero-order valence-corrected chi connectivity index (χ0v) is 18.5. The summed E-state index contributed by atoms with van der Waals surface area (Å²) in [5.74, 6) is 0.0708. The molecule has 31 heavy (non-hydrogen) atoms. The van der Waals surface area contributed by atoms with Crippen molar-refractivity contribution in [1.82, 2.24) is 20.2 Å². The first-order valence-corrected chi connectivity index (χ1v) is 10.6. The van der Waals surface area contributed by atoms with Crippen LogP contribution in [-0.4, -0.2) is 34.0 Å². The molecule has 1 atom stereocenters. The number of amides is 2. The summed E-state index contributed by atoms with van der Waals surface area (Å²) in [6.45, 7) is 4.34. The molecule has 0 fully saturated rings. The number of aryl methyl sites for hydroxylation is 1. The number of rotatable bonds is 8. The standard InChI is InChI=1S/C23H26ClFN4O2/c1-14(2)12-19(28-22(30)15-4-6-16(24)7-5-15)23(31)26-11-10-21-27-18-9-8-17(25)13-20(18)29(21)3/h4-9,13-14,19H,10-12H2,1-3H3,(H,26,31)(H,28,30). The van der Waals surface area contributed by atoms with Gasteiger partial charge in [0.1, 0.15) is 17.7 Å². The van der Waals surface area contributed by atoms with Crippen LogP contribution in [0.3, 0.4) is 0 Å². The van der Waals surface area contributed by atoms with Crippen LogP contribution in [0.15, 0.2) is 42.5 Å². The minimum atomic E-state index is -0.655. The van der Waals surface area contributed by atoms with Crippen LogP contribution in [0, 0.1) is 11.7 Å². The Bertz CT molecular complexity index is 1080. The Morgan fingerprint density at radius 1 is 1.16 bits per heavy atom. The Kier molecular flexibility index (Phi) is 7.28. The van der Waals surface area contributed by atoms with Gasteiger partial charge in [-0.1, -0.05) is 25.4 Å². The summed E-state index contributed by atoms with van der Waals surface area (Å²) in [4.78, 5) is 29.8. The number of carbonyl (C=O) groups excluding carboxylic acids is 2. The first-order chi connectivity index (χ1) is 14.7. The van der Waals surface area contributed by atoms with Crippen molar-refractivity contribution in [3.63, 3.8) is 0 Å². The second-order valence-corrected chi connectivity index (χ2v) is 8.36. The van der Waals surface area contributed by atoms with E-state index in [1.165, 1.54) is 12.1 Å². The molecule has 0 spiro atoms. The Hall–Kier alpha value is -2.93. The van der Waals surface area contributed by atoms with E-state index in [4.69, 9.17) is 11.6 Å². The average molecular weight is 445 g/mol. The van der Waals surface area contributed by atoms with Gasteiger partial charge in [-0.15, -0.1) is 0 Å². The Balaban J connectivity index is 1.62. The lowest BCUT2D eigenvalue weighted by Gasteiger charge is -2.20. The van der Waals surface area contributed by atoms with E-state index >= 15 is 0 Å². The van der Waals surface area contributed by atoms with Gasteiger partial charge in [0.05, 0.1) is 11.0 Å². The highest BCUT2D eigenvalue weighted by Gasteiger charge is 2.22. The van der Waals surface area contributed by atoms with Crippen molar-refractivity contribution >= 4 is 34.4 Å². The van der Waals surface area contributed by atoms with E-state index in [0.29, 0.717) is 41.0 Å². The molecular weight excluding hydrogens is 419 g/mol. The number of hydrogen-bond donors (Lipinski definition) is 2. The van der Waals surface area contributed by atoms with E-state index in [9.17, 15) is 14.0 Å². The first kappa shape index (κ1) is 22.7. The van der Waals surface area contributed by atoms with Gasteiger partial charge in [0, 0.05) is 30.6 Å². The molecule has 0 bridgehead atoms. The van der Waals surface area contributed by atoms with Crippen molar-refractivity contribution in [2.75, 3.05) is 6.54 Å². The second kappa shape index (κ2) is 9.92. The maximum atomic E-state index is 13.5. The Morgan fingerprint density at radius 2 is 1.87 bits per heavy atom. The number of fused-ring (bicyclic) bond motifs is 1. The number of nitrogens with zero attached hydrogens (tertiary/aromatic N) is 2. The average Bonchev–Trinajstić information content (AvgIpc) is 3.02. The summed E-state index contributed by atoms with van der Waals surface area (Å²) in [5, 5.41) is 6.24. The molecule has 0 radical (unpaired) electrons. The van der Waals surface area contributed by atoms with Crippen LogP contribution in [0.25, 0.3) is 11.0 Å². The van der Waals surface area contributed by atoms with Crippen LogP contribution in [0.2, 0.25) is 5.02 Å². The first-order valence-electron chi connectivity index (χ1n) is 10.2. The molecule has 3 aromatic rings. The van der Waals surface area contributed by atoms with Gasteiger partial charge in [0.15, 0.2) is 0 Å². The molecule has 2 aromatic carbocycles. The maximum Gasteiger partial charge on any atom is 0.251 e. The highest BCUT2D eigenvalue weighted by atomic mass is 35.5. The van der Waals surface area contributed by atoms with Crippen LogP contribution in [0.5, 0.6) is 0 Å². The van der Waals surface area contributed by atoms with Crippen molar-refractivity contribution in [1.29, 1.82) is 0 Å². The third-order valence-corrected chi connectivity index (χ3v) is 5.27. The van der Waals surface area contributed by atoms with Gasteiger partial charge in [-0.3, -0.25) is 9.59 Å². The summed E-state index contributed by atoms with van der Waals surface area (Å²) < 4.78 is 15.3. The number of aromatic nitrogens is 2. The Morgan fingerprint density at radius 3 is 2.55 bits per heavy atom. The summed E-state index contributed by atoms with van der Waals surface area (Å²) in [7, 11) is 1.82. The third kappa shape index (κ3) is 5.82. The fourth-order valence-corrected chi connectivity index (χ4v) is 3.53. The predicted molar refractivity (Wildman–Crippen MR) is 120 cm³/mol. The van der Waals surface area contributed by atoms with Gasteiger partial charge in [-0.25, -0.2) is 9.37 Å². The van der Waals surface area contributed by atoms with E-state index in [0.717, 1.165) is 5.82 Å². The third-order valence-electron chi connectivity index (χ3n) is 5.02. The smallest absolute Gasteiger partial charge is 0.251 e. The van der Waals surface area contributed by atoms with E-state index in [1.54, 1.807) is 30.3 Å². The molecule has 2 N–H and O–H groups in total. The summed E-state index contributed by atoms with van der Waals surface area (Å²) in [6.07, 6.45) is 0.995. The van der Waals surface area contributed by atoms with Gasteiger partial charge < -0.3 is 15.2 Å². The van der Waals surface area contributed by atoms with E-state index < -0.39 is 6.04 Å². The zero-order valence-electron chi connectivity index (χ0n) is 17.8. The van der Waals surface area contributed by atoms with Crippen LogP contribution < -0.4 is 10.6 Å². The molecule has 1 aromatic heterocycles. The molecule has 8 heteroatoms. The lowest BCUT2D eigenvalue weighted by Crippen LogP contribution is -2.47. The molecule has 0 aliphatic carbocycles. The molecule has 1 heterocycles. The number of hydrogen-bond acceptors (Lipinski definition) is 3. The van der Waals surface area contributed by atoms with Gasteiger partial charge in [-0.2, -0.15) is 0 Å². The minimum Gasteiger partial charge on any atom is -0.354 e. The van der Waals surface area contributed by atoms with Crippen LogP contribution in [-0.2, 0) is 18.3 Å². The summed E-state index contributed by atoms with van der Waals surface area (Å²) in [5.41, 5.74) is 1.85. The quantitative estimate of drug-likeness (QED) is 0.553. The number of carbonyl (C=O) groups is 2. The van der Waals surface area contributed by atoms with Crippen molar-refractivity contribution < 1.29 is 14.0 Å². The lowest BCUT2D eigenvalue weighted by molar-refractivity contribution is -0.123. The largest absolute Gasteiger partial charge is 0.354 e. The molecule has 2 amide bonds. The Labute approximate surface area is 185 Å². The summed E-state index contributed by atoms with van der Waals surface area (Å²) >= 11 is 5.87. The maximum absolute atomic E-state index is 13.5. The SMILES string of the molecule is CC(C)CC(NC(=O)c1ccc(Cl)cc1)C(=O)NCCc1nc2ccc(F)cc2n1C. The fraction of sp³-hybridized carbons (Fsp3) is 0.348. The predicted octanol–water partition coefficient (Wildman–Crippen LogP) is 3.87. The summed E-state index contributed by atoms with van der Waals surface area (Å²) in [6, 6.07) is 10.3. The van der Waals surface area contributed by atoms with E-state index in [2.05, 4.69) is 15.6 Å². The molecule has 164 valence electrons. The minimum absolute atomic E-state index is 0.219. The van der Waals surface area contributed by atoms with Crippen molar-refractivity contribution in [3.8, 4) is 0 Å². The van der Waals surface area contributed by atoms with Crippen LogP contribution in [0.1, 0.15) is 36.5 Å². The highest BCUT2D eigenvalue weighted by molar-refractivity contribution is 6.30. The van der Waals surface area contributed by atoms with Crippen molar-refractivity contribution in [3.05, 3.63) is 64.7 Å². The molecule has 0 aliphatic rings. The van der Waals surface area contributed by atoms with Crippen LogP contribution >= 0.6 is 11.6 Å². The molecule has 0 saturated carbocycles. The lowest BCUT2D eigenvalue weighted by atomic mass is 10.0. The van der Waals surface area contributed by atoms with E-state index in [-0.39, 0.29) is 23.5 Å². The molecule has 0 aliphatic heterocycles. The number of nitrogens with one attached hydrogen (secondary N) is 2. The molecule has 0 saturated heterocycles. The number of imidazole rings is 1. The topological polar surface area (TPSA) is 76.0 Å². The van der Waals surface area contributed by atoms with Crippen molar-refractivity contribution in [2.45, 2.75) is 32.7 Å². The number of halogens is 2. The van der Waals surface area contributed by atoms with E-state index in [1.807, 2.05) is 25.5 Å². The molecule has 1 unspecified atom stereocenters. The molecular formula is C23H26ClFN4O2. The molecule has 3 rings (SSSR count). The molecule has 6 nitrogen and oxygen atoms in total. The van der Waals surface area contributed by atoms with Crippen LogP contribution in [0.4, 0.5) is 4.39 Å². The monoisotopic (exact) mass is 444 g/mol. The second-order valence-electron chi connectivity index (χ2n) is 7.92. The zero-order chi connectivity index (χ0) is 22.5. The van der Waals surface area contributed by atoms with Gasteiger partial charge in [-0.05, 0) is 54.8 Å².